The van der Waals surface area contributed by atoms with Gasteiger partial charge in [0.1, 0.15) is 23.0 Å². The largest absolute Gasteiger partial charge is 0.497 e. The molecule has 0 spiro atoms. The van der Waals surface area contributed by atoms with Gasteiger partial charge >= 0.3 is 0 Å². The summed E-state index contributed by atoms with van der Waals surface area (Å²) in [4.78, 5) is 17.0. The van der Waals surface area contributed by atoms with Gasteiger partial charge in [0.25, 0.3) is 5.91 Å². The molecule has 3 aromatic rings. The molecule has 0 fully saturated rings. The lowest BCUT2D eigenvalue weighted by Crippen LogP contribution is -2.12. The molecule has 0 aliphatic rings. The summed E-state index contributed by atoms with van der Waals surface area (Å²) >= 11 is 7.45. The van der Waals surface area contributed by atoms with Crippen molar-refractivity contribution < 1.29 is 18.7 Å². The molecule has 1 aromatic carbocycles. The lowest BCUT2D eigenvalue weighted by molar-refractivity contribution is 0.102. The van der Waals surface area contributed by atoms with Crippen molar-refractivity contribution in [1.29, 1.82) is 0 Å². The Balaban J connectivity index is 1.88. The van der Waals surface area contributed by atoms with Crippen LogP contribution in [0.3, 0.4) is 0 Å². The Hall–Kier alpha value is -2.51. The zero-order valence-electron chi connectivity index (χ0n) is 14.7. The van der Waals surface area contributed by atoms with Gasteiger partial charge in [-0.1, -0.05) is 11.6 Å². The van der Waals surface area contributed by atoms with Crippen LogP contribution in [0.25, 0.3) is 11.3 Å². The molecule has 136 valence electrons. The second-order valence-electron chi connectivity index (χ2n) is 5.46. The number of rotatable bonds is 5. The molecule has 2 heterocycles. The molecule has 0 bridgehead atoms. The second-order valence-corrected chi connectivity index (χ2v) is 6.70. The SMILES string of the molecule is COc1ccc(OC)c(-c2csc(NC(=O)c3c(C)oc(C)c3Cl)n2)c1. The number of benzene rings is 1. The van der Waals surface area contributed by atoms with Crippen LogP contribution in [0.2, 0.25) is 5.02 Å². The van der Waals surface area contributed by atoms with Crippen LogP contribution in [0.4, 0.5) is 5.13 Å². The van der Waals surface area contributed by atoms with Crippen LogP contribution in [-0.4, -0.2) is 25.1 Å². The Kier molecular flexibility index (Phi) is 5.20. The summed E-state index contributed by atoms with van der Waals surface area (Å²) in [6.45, 7) is 3.41. The third kappa shape index (κ3) is 3.40. The van der Waals surface area contributed by atoms with Crippen molar-refractivity contribution in [3.8, 4) is 22.8 Å². The smallest absolute Gasteiger partial charge is 0.262 e. The molecule has 0 aliphatic heterocycles. The summed E-state index contributed by atoms with van der Waals surface area (Å²) in [5.74, 6) is 1.98. The van der Waals surface area contributed by atoms with E-state index >= 15 is 0 Å². The highest BCUT2D eigenvalue weighted by Gasteiger charge is 2.21. The number of halogens is 1. The van der Waals surface area contributed by atoms with Gasteiger partial charge in [0.05, 0.1) is 30.5 Å². The highest BCUT2D eigenvalue weighted by atomic mass is 35.5. The summed E-state index contributed by atoms with van der Waals surface area (Å²) < 4.78 is 16.0. The second kappa shape index (κ2) is 7.39. The fourth-order valence-corrected chi connectivity index (χ4v) is 3.51. The van der Waals surface area contributed by atoms with E-state index in [-0.39, 0.29) is 5.91 Å². The Labute approximate surface area is 159 Å². The highest BCUT2D eigenvalue weighted by molar-refractivity contribution is 7.14. The first-order valence-electron chi connectivity index (χ1n) is 7.69. The minimum atomic E-state index is -0.358. The first-order chi connectivity index (χ1) is 12.4. The van der Waals surface area contributed by atoms with Crippen molar-refractivity contribution in [2.24, 2.45) is 0 Å². The summed E-state index contributed by atoms with van der Waals surface area (Å²) in [6.07, 6.45) is 0. The molecular weight excluding hydrogens is 376 g/mol. The van der Waals surface area contributed by atoms with Crippen LogP contribution < -0.4 is 14.8 Å². The number of nitrogens with zero attached hydrogens (tertiary/aromatic N) is 1. The first-order valence-corrected chi connectivity index (χ1v) is 8.95. The lowest BCUT2D eigenvalue weighted by atomic mass is 10.1. The van der Waals surface area contributed by atoms with Crippen molar-refractivity contribution in [3.05, 3.63) is 45.7 Å². The zero-order valence-corrected chi connectivity index (χ0v) is 16.2. The number of hydrogen-bond acceptors (Lipinski definition) is 6. The average Bonchev–Trinajstić information content (AvgIpc) is 3.18. The van der Waals surface area contributed by atoms with E-state index in [4.69, 9.17) is 25.5 Å². The number of furan rings is 1. The van der Waals surface area contributed by atoms with Gasteiger partial charge in [-0.05, 0) is 32.0 Å². The average molecular weight is 393 g/mol. The van der Waals surface area contributed by atoms with Crippen LogP contribution in [0.15, 0.2) is 28.0 Å². The fourth-order valence-electron chi connectivity index (χ4n) is 2.54. The van der Waals surface area contributed by atoms with Crippen molar-refractivity contribution in [2.75, 3.05) is 19.5 Å². The van der Waals surface area contributed by atoms with E-state index in [0.717, 1.165) is 5.56 Å². The maximum Gasteiger partial charge on any atom is 0.262 e. The van der Waals surface area contributed by atoms with E-state index in [0.29, 0.717) is 44.4 Å². The summed E-state index contributed by atoms with van der Waals surface area (Å²) in [5, 5.41) is 5.36. The molecule has 8 heteroatoms. The monoisotopic (exact) mass is 392 g/mol. The van der Waals surface area contributed by atoms with Gasteiger partial charge in [-0.15, -0.1) is 11.3 Å². The van der Waals surface area contributed by atoms with Gasteiger partial charge in [0.15, 0.2) is 5.13 Å². The maximum atomic E-state index is 12.5. The topological polar surface area (TPSA) is 73.6 Å². The Bertz CT molecular complexity index is 964. The summed E-state index contributed by atoms with van der Waals surface area (Å²) in [7, 11) is 3.18. The summed E-state index contributed by atoms with van der Waals surface area (Å²) in [6, 6.07) is 5.45. The van der Waals surface area contributed by atoms with Crippen LogP contribution >= 0.6 is 22.9 Å². The highest BCUT2D eigenvalue weighted by Crippen LogP contribution is 2.35. The van der Waals surface area contributed by atoms with Crippen LogP contribution in [0, 0.1) is 13.8 Å². The molecule has 2 aromatic heterocycles. The number of aryl methyl sites for hydroxylation is 2. The van der Waals surface area contributed by atoms with Crippen molar-refractivity contribution in [1.82, 2.24) is 4.98 Å². The molecule has 26 heavy (non-hydrogen) atoms. The van der Waals surface area contributed by atoms with E-state index < -0.39 is 0 Å². The molecule has 3 rings (SSSR count). The molecule has 1 N–H and O–H groups in total. The number of aromatic nitrogens is 1. The number of anilines is 1. The Morgan fingerprint density at radius 3 is 2.62 bits per heavy atom. The molecule has 0 saturated heterocycles. The molecule has 0 aliphatic carbocycles. The zero-order chi connectivity index (χ0) is 18.8. The summed E-state index contributed by atoms with van der Waals surface area (Å²) in [5.41, 5.74) is 1.77. The number of ether oxygens (including phenoxy) is 2. The number of carbonyl (C=O) groups is 1. The number of amides is 1. The molecule has 0 radical (unpaired) electrons. The Morgan fingerprint density at radius 2 is 2.00 bits per heavy atom. The minimum Gasteiger partial charge on any atom is -0.497 e. The first kappa shape index (κ1) is 18.3. The molecule has 0 saturated carbocycles. The maximum absolute atomic E-state index is 12.5. The van der Waals surface area contributed by atoms with Gasteiger partial charge in [-0.2, -0.15) is 0 Å². The fraction of sp³-hybridized carbons (Fsp3) is 0.222. The van der Waals surface area contributed by atoms with Gasteiger partial charge in [-0.3, -0.25) is 10.1 Å². The lowest BCUT2D eigenvalue weighted by Gasteiger charge is -2.08. The van der Waals surface area contributed by atoms with Gasteiger partial charge in [-0.25, -0.2) is 4.98 Å². The van der Waals surface area contributed by atoms with Gasteiger partial charge < -0.3 is 13.9 Å². The molecular formula is C18H17ClN2O4S. The number of thiazole rings is 1. The van der Waals surface area contributed by atoms with Gasteiger partial charge in [0, 0.05) is 10.9 Å². The van der Waals surface area contributed by atoms with Crippen LogP contribution in [0.1, 0.15) is 21.9 Å². The quantitative estimate of drug-likeness (QED) is 0.665. The molecule has 0 unspecified atom stereocenters. The molecule has 0 atom stereocenters. The minimum absolute atomic E-state index is 0.311. The van der Waals surface area contributed by atoms with Gasteiger partial charge in [0.2, 0.25) is 0 Å². The van der Waals surface area contributed by atoms with E-state index in [1.807, 2.05) is 23.6 Å². The molecule has 1 amide bonds. The third-order valence-corrected chi connectivity index (χ3v) is 5.03. The number of nitrogens with one attached hydrogen (secondary N) is 1. The Morgan fingerprint density at radius 1 is 1.23 bits per heavy atom. The van der Waals surface area contributed by atoms with Crippen LogP contribution in [0.5, 0.6) is 11.5 Å². The van der Waals surface area contributed by atoms with Crippen molar-refractivity contribution in [2.45, 2.75) is 13.8 Å². The number of hydrogen-bond donors (Lipinski definition) is 1. The third-order valence-electron chi connectivity index (χ3n) is 3.82. The predicted molar refractivity (Wildman–Crippen MR) is 102 cm³/mol. The normalized spacial score (nSPS) is 10.7. The van der Waals surface area contributed by atoms with Crippen molar-refractivity contribution in [3.63, 3.8) is 0 Å². The van der Waals surface area contributed by atoms with E-state index in [1.165, 1.54) is 11.3 Å². The predicted octanol–water partition coefficient (Wildman–Crippen LogP) is 4.94. The standard InChI is InChI=1S/C18H17ClN2O4S/c1-9-15(16(19)10(2)25-9)17(22)21-18-20-13(8-26-18)12-7-11(23-3)5-6-14(12)24-4/h5-8H,1-4H3,(H,20,21,22). The number of carbonyl (C=O) groups excluding carboxylic acids is 1. The van der Waals surface area contributed by atoms with E-state index in [2.05, 4.69) is 10.3 Å². The number of methoxy groups -OCH3 is 2. The van der Waals surface area contributed by atoms with Crippen molar-refractivity contribution >= 4 is 34.0 Å². The van der Waals surface area contributed by atoms with Crippen LogP contribution in [-0.2, 0) is 0 Å². The molecule has 6 nitrogen and oxygen atoms in total. The van der Waals surface area contributed by atoms with E-state index in [9.17, 15) is 4.79 Å². The van der Waals surface area contributed by atoms with E-state index in [1.54, 1.807) is 28.1 Å².